The van der Waals surface area contributed by atoms with Gasteiger partial charge in [0.25, 0.3) is 0 Å². The van der Waals surface area contributed by atoms with Crippen LogP contribution in [0.4, 0.5) is 8.78 Å². The van der Waals surface area contributed by atoms with Gasteiger partial charge in [0.1, 0.15) is 11.6 Å². The largest absolute Gasteiger partial charge is 0.306 e. The van der Waals surface area contributed by atoms with E-state index in [9.17, 15) is 8.78 Å². The summed E-state index contributed by atoms with van der Waals surface area (Å²) in [5.74, 6) is -1.08. The summed E-state index contributed by atoms with van der Waals surface area (Å²) in [6, 6.07) is 3.50. The van der Waals surface area contributed by atoms with Crippen molar-refractivity contribution in [2.75, 3.05) is 6.54 Å². The van der Waals surface area contributed by atoms with Crippen molar-refractivity contribution in [2.45, 2.75) is 19.9 Å². The Bertz CT molecular complexity index is 516. The summed E-state index contributed by atoms with van der Waals surface area (Å²) in [6.07, 6.45) is 0. The van der Waals surface area contributed by atoms with Gasteiger partial charge in [-0.25, -0.2) is 8.78 Å². The van der Waals surface area contributed by atoms with Crippen LogP contribution in [0.3, 0.4) is 0 Å². The zero-order chi connectivity index (χ0) is 13.1. The highest BCUT2D eigenvalue weighted by Gasteiger charge is 2.17. The van der Waals surface area contributed by atoms with E-state index in [0.29, 0.717) is 5.56 Å². The Balaban J connectivity index is 2.44. The van der Waals surface area contributed by atoms with Crippen LogP contribution in [0, 0.1) is 18.6 Å². The van der Waals surface area contributed by atoms with Gasteiger partial charge >= 0.3 is 0 Å². The summed E-state index contributed by atoms with van der Waals surface area (Å²) in [6.45, 7) is 4.72. The number of halogens is 2. The van der Waals surface area contributed by atoms with Gasteiger partial charge in [-0.15, -0.1) is 0 Å². The lowest BCUT2D eigenvalue weighted by Gasteiger charge is -2.19. The van der Waals surface area contributed by atoms with Gasteiger partial charge in [0.2, 0.25) is 0 Å². The molecule has 0 saturated heterocycles. The van der Waals surface area contributed by atoms with Crippen LogP contribution < -0.4 is 5.32 Å². The number of aryl methyl sites for hydroxylation is 1. The Labute approximate surface area is 109 Å². The summed E-state index contributed by atoms with van der Waals surface area (Å²) in [5.41, 5.74) is 2.83. The monoisotopic (exact) mass is 267 g/mol. The van der Waals surface area contributed by atoms with Crippen molar-refractivity contribution in [2.24, 2.45) is 0 Å². The van der Waals surface area contributed by atoms with E-state index >= 15 is 0 Å². The van der Waals surface area contributed by atoms with Crippen LogP contribution in [-0.2, 0) is 0 Å². The predicted molar refractivity (Wildman–Crippen MR) is 70.9 cm³/mol. The SMILES string of the molecule is CCNC(c1cc(F)cc(F)c1)c1cscc1C. The molecule has 0 radical (unpaired) electrons. The third kappa shape index (κ3) is 2.76. The third-order valence-corrected chi connectivity index (χ3v) is 3.71. The summed E-state index contributed by atoms with van der Waals surface area (Å²) in [7, 11) is 0. The molecular weight excluding hydrogens is 252 g/mol. The molecule has 0 aliphatic heterocycles. The fraction of sp³-hybridized carbons (Fsp3) is 0.286. The Hall–Kier alpha value is -1.26. The number of rotatable bonds is 4. The number of nitrogens with one attached hydrogen (secondary N) is 1. The van der Waals surface area contributed by atoms with Crippen LogP contribution in [0.5, 0.6) is 0 Å². The van der Waals surface area contributed by atoms with E-state index in [0.717, 1.165) is 23.7 Å². The standard InChI is InChI=1S/C14H15F2NS/c1-3-17-14(13-8-18-7-9(13)2)10-4-11(15)6-12(16)5-10/h4-8,14,17H,3H2,1-2H3. The van der Waals surface area contributed by atoms with Crippen molar-refractivity contribution in [3.63, 3.8) is 0 Å². The average Bonchev–Trinajstić information content (AvgIpc) is 2.71. The maximum absolute atomic E-state index is 13.3. The first-order valence-corrected chi connectivity index (χ1v) is 6.78. The van der Waals surface area contributed by atoms with Crippen molar-refractivity contribution >= 4 is 11.3 Å². The molecule has 1 N–H and O–H groups in total. The highest BCUT2D eigenvalue weighted by atomic mass is 32.1. The van der Waals surface area contributed by atoms with Crippen LogP contribution in [-0.4, -0.2) is 6.54 Å². The average molecular weight is 267 g/mol. The van der Waals surface area contributed by atoms with Gasteiger partial charge in [-0.05, 0) is 53.1 Å². The van der Waals surface area contributed by atoms with Crippen molar-refractivity contribution < 1.29 is 8.78 Å². The van der Waals surface area contributed by atoms with Crippen LogP contribution >= 0.6 is 11.3 Å². The normalized spacial score (nSPS) is 12.7. The van der Waals surface area contributed by atoms with E-state index < -0.39 is 11.6 Å². The Morgan fingerprint density at radius 2 is 1.83 bits per heavy atom. The summed E-state index contributed by atoms with van der Waals surface area (Å²) < 4.78 is 26.6. The zero-order valence-corrected chi connectivity index (χ0v) is 11.2. The zero-order valence-electron chi connectivity index (χ0n) is 10.3. The smallest absolute Gasteiger partial charge is 0.126 e. The van der Waals surface area contributed by atoms with E-state index in [4.69, 9.17) is 0 Å². The van der Waals surface area contributed by atoms with Gasteiger partial charge in [0, 0.05) is 6.07 Å². The molecule has 96 valence electrons. The van der Waals surface area contributed by atoms with E-state index in [2.05, 4.69) is 5.32 Å². The number of benzene rings is 1. The molecule has 1 nitrogen and oxygen atoms in total. The summed E-state index contributed by atoms with van der Waals surface area (Å²) in [4.78, 5) is 0. The molecule has 1 unspecified atom stereocenters. The third-order valence-electron chi connectivity index (χ3n) is 2.83. The second-order valence-corrected chi connectivity index (χ2v) is 4.95. The van der Waals surface area contributed by atoms with Gasteiger partial charge in [0.05, 0.1) is 6.04 Å². The van der Waals surface area contributed by atoms with Crippen molar-refractivity contribution in [3.05, 3.63) is 57.3 Å². The van der Waals surface area contributed by atoms with Gasteiger partial charge in [-0.1, -0.05) is 6.92 Å². The van der Waals surface area contributed by atoms with Crippen molar-refractivity contribution in [3.8, 4) is 0 Å². The maximum Gasteiger partial charge on any atom is 0.126 e. The van der Waals surface area contributed by atoms with Crippen LogP contribution in [0.2, 0.25) is 0 Å². The van der Waals surface area contributed by atoms with Gasteiger partial charge < -0.3 is 5.32 Å². The number of hydrogen-bond donors (Lipinski definition) is 1. The highest BCUT2D eigenvalue weighted by molar-refractivity contribution is 7.08. The first-order chi connectivity index (χ1) is 8.61. The lowest BCUT2D eigenvalue weighted by Crippen LogP contribution is -2.22. The molecule has 2 aromatic rings. The Kier molecular flexibility index (Phi) is 4.09. The summed E-state index contributed by atoms with van der Waals surface area (Å²) >= 11 is 1.60. The minimum absolute atomic E-state index is 0.161. The molecule has 2 rings (SSSR count). The second kappa shape index (κ2) is 5.59. The molecule has 1 heterocycles. The van der Waals surface area contributed by atoms with Crippen LogP contribution in [0.15, 0.2) is 29.0 Å². The lowest BCUT2D eigenvalue weighted by molar-refractivity contribution is 0.565. The molecule has 4 heteroatoms. The fourth-order valence-electron chi connectivity index (χ4n) is 2.02. The minimum Gasteiger partial charge on any atom is -0.306 e. The van der Waals surface area contributed by atoms with E-state index in [1.54, 1.807) is 11.3 Å². The van der Waals surface area contributed by atoms with E-state index in [1.165, 1.54) is 12.1 Å². The van der Waals surface area contributed by atoms with Gasteiger partial charge in [0.15, 0.2) is 0 Å². The molecule has 0 bridgehead atoms. The molecule has 1 aromatic heterocycles. The second-order valence-electron chi connectivity index (χ2n) is 4.20. The molecule has 1 atom stereocenters. The Morgan fingerprint density at radius 1 is 1.17 bits per heavy atom. The number of hydrogen-bond acceptors (Lipinski definition) is 2. The van der Waals surface area contributed by atoms with Gasteiger partial charge in [-0.3, -0.25) is 0 Å². The molecule has 0 saturated carbocycles. The molecule has 18 heavy (non-hydrogen) atoms. The van der Waals surface area contributed by atoms with E-state index in [-0.39, 0.29) is 6.04 Å². The molecule has 0 aliphatic rings. The first-order valence-electron chi connectivity index (χ1n) is 5.84. The molecular formula is C14H15F2NS. The first kappa shape index (κ1) is 13.2. The van der Waals surface area contributed by atoms with Crippen molar-refractivity contribution in [1.29, 1.82) is 0 Å². The minimum atomic E-state index is -0.541. The van der Waals surface area contributed by atoms with Gasteiger partial charge in [-0.2, -0.15) is 11.3 Å². The molecule has 1 aromatic carbocycles. The fourth-order valence-corrected chi connectivity index (χ4v) is 2.90. The van der Waals surface area contributed by atoms with Crippen LogP contribution in [0.1, 0.15) is 29.7 Å². The Morgan fingerprint density at radius 3 is 2.33 bits per heavy atom. The molecule has 0 fully saturated rings. The molecule has 0 spiro atoms. The lowest BCUT2D eigenvalue weighted by atomic mass is 9.98. The predicted octanol–water partition coefficient (Wildman–Crippen LogP) is 4.03. The molecule has 0 amide bonds. The number of thiophene rings is 1. The van der Waals surface area contributed by atoms with Crippen LogP contribution in [0.25, 0.3) is 0 Å². The topological polar surface area (TPSA) is 12.0 Å². The van der Waals surface area contributed by atoms with Crippen molar-refractivity contribution in [1.82, 2.24) is 5.32 Å². The maximum atomic E-state index is 13.3. The summed E-state index contributed by atoms with van der Waals surface area (Å²) in [5, 5.41) is 7.33. The highest BCUT2D eigenvalue weighted by Crippen LogP contribution is 2.28. The van der Waals surface area contributed by atoms with E-state index in [1.807, 2.05) is 24.6 Å². The molecule has 0 aliphatic carbocycles. The quantitative estimate of drug-likeness (QED) is 0.881.